The molecule has 0 spiro atoms. The normalized spacial score (nSPS) is 14.2. The number of primary amides is 1. The number of nitrogens with two attached hydrogens (primary N) is 5. The van der Waals surface area contributed by atoms with Crippen molar-refractivity contribution in [2.24, 2.45) is 33.7 Å². The molecule has 70 heavy (non-hydrogen) atoms. The van der Waals surface area contributed by atoms with Gasteiger partial charge in [-0.15, -0.1) is 0 Å². The van der Waals surface area contributed by atoms with Crippen LogP contribution in [0.2, 0.25) is 0 Å². The number of carbonyl (C=O) groups excluding carboxylic acids is 9. The molecule has 0 aromatic heterocycles. The predicted molar refractivity (Wildman–Crippen MR) is 249 cm³/mol. The van der Waals surface area contributed by atoms with E-state index in [9.17, 15) is 68.1 Å². The number of aromatic hydroxyl groups is 1. The second-order valence-corrected chi connectivity index (χ2v) is 16.3. The Hall–Kier alpha value is -7.62. The SMILES string of the molecule is C[C@H](NC(=O)[C@H](C)N(C)C(=O)[C@H](CCCN=C(N)N)NC(=O)[C@H](CCC(=O)O)NC(=O)[C@H](C)NC(=O)[C@H](Cc1ccc(O)cc1)NC(=O)[C@H](CC(N)=O)NC(=O)CNC(=O)[C@@H](N)CCCCN)C(=O)O. The Morgan fingerprint density at radius 1 is 0.657 bits per heavy atom. The maximum absolute atomic E-state index is 13.9. The van der Waals surface area contributed by atoms with Gasteiger partial charge in [-0.25, -0.2) is 0 Å². The number of carbonyl (C=O) groups is 11. The number of aliphatic carboxylic acids is 2. The standard InChI is InChI=1S/C42H68N14O14/c1-21(34(62)53-27(14-15-33(60)61)37(65)54-28(9-7-17-48-42(46)47)40(68)56(4)23(3)35(63)51-22(2)41(69)70)50-38(66)29(18-24-10-12-25(57)13-11-24)55-39(67)30(19-31(45)58)52-32(59)20-49-36(64)26(44)8-5-6-16-43/h10-13,21-23,26-30,57H,5-9,14-20,43-44H2,1-4H3,(H2,45,58)(H,49,64)(H,50,66)(H,51,63)(H,52,59)(H,53,62)(H,54,65)(H,55,67)(H,60,61)(H,69,70)(H4,46,47,48)/t21-,22-,23-,26-,27-,28-,29-,30-/m0/s1. The number of phenolic OH excluding ortho intramolecular Hbond substituents is 1. The van der Waals surface area contributed by atoms with Gasteiger partial charge in [0, 0.05) is 26.4 Å². The van der Waals surface area contributed by atoms with Crippen LogP contribution in [0.3, 0.4) is 0 Å². The second kappa shape index (κ2) is 30.7. The minimum absolute atomic E-state index is 0.00530. The lowest BCUT2D eigenvalue weighted by molar-refractivity contribution is -0.145. The Morgan fingerprint density at radius 3 is 1.80 bits per heavy atom. The number of amides is 9. The summed E-state index contributed by atoms with van der Waals surface area (Å²) in [5, 5.41) is 44.9. The summed E-state index contributed by atoms with van der Waals surface area (Å²) in [5.41, 5.74) is 27.8. The molecular weight excluding hydrogens is 925 g/mol. The van der Waals surface area contributed by atoms with Crippen LogP contribution in [0.4, 0.5) is 0 Å². The molecule has 1 aromatic carbocycles. The van der Waals surface area contributed by atoms with Gasteiger partial charge in [0.1, 0.15) is 48.0 Å². The first-order valence-electron chi connectivity index (χ1n) is 22.1. The number of hydrogen-bond donors (Lipinski definition) is 15. The highest BCUT2D eigenvalue weighted by Crippen LogP contribution is 2.13. The highest BCUT2D eigenvalue weighted by atomic mass is 16.4. The fraction of sp³-hybridized carbons (Fsp3) is 0.571. The average Bonchev–Trinajstić information content (AvgIpc) is 3.29. The van der Waals surface area contributed by atoms with Gasteiger partial charge >= 0.3 is 11.9 Å². The van der Waals surface area contributed by atoms with Crippen molar-refractivity contribution in [2.45, 2.75) is 127 Å². The molecule has 0 aliphatic heterocycles. The number of benzene rings is 1. The molecule has 8 atom stereocenters. The first-order valence-corrected chi connectivity index (χ1v) is 22.1. The van der Waals surface area contributed by atoms with E-state index in [1.165, 1.54) is 52.1 Å². The molecule has 20 N–H and O–H groups in total. The molecular formula is C42H68N14O14. The lowest BCUT2D eigenvalue weighted by Crippen LogP contribution is -2.60. The second-order valence-electron chi connectivity index (χ2n) is 16.3. The number of likely N-dealkylation sites (N-methyl/N-ethyl adjacent to an activating group) is 1. The third kappa shape index (κ3) is 22.9. The van der Waals surface area contributed by atoms with Gasteiger partial charge in [-0.2, -0.15) is 0 Å². The van der Waals surface area contributed by atoms with E-state index < -0.39 is 139 Å². The number of carboxylic acid groups (broad SMARTS) is 2. The molecule has 0 fully saturated rings. The first-order chi connectivity index (χ1) is 32.8. The van der Waals surface area contributed by atoms with Crippen molar-refractivity contribution in [3.63, 3.8) is 0 Å². The number of nitrogens with zero attached hydrogens (tertiary/aromatic N) is 2. The van der Waals surface area contributed by atoms with Gasteiger partial charge in [0.25, 0.3) is 0 Å². The highest BCUT2D eigenvalue weighted by Gasteiger charge is 2.34. The summed E-state index contributed by atoms with van der Waals surface area (Å²) in [6.45, 7) is 3.44. The third-order valence-corrected chi connectivity index (χ3v) is 10.4. The fourth-order valence-corrected chi connectivity index (χ4v) is 6.20. The minimum Gasteiger partial charge on any atom is -0.508 e. The number of rotatable bonds is 32. The van der Waals surface area contributed by atoms with E-state index in [0.29, 0.717) is 24.9 Å². The average molecular weight is 993 g/mol. The van der Waals surface area contributed by atoms with Crippen LogP contribution in [-0.4, -0.2) is 166 Å². The smallest absolute Gasteiger partial charge is 0.325 e. The van der Waals surface area contributed by atoms with Crippen LogP contribution in [0, 0.1) is 0 Å². The number of unbranched alkanes of at least 4 members (excludes halogenated alkanes) is 1. The van der Waals surface area contributed by atoms with Gasteiger partial charge in [0.2, 0.25) is 53.2 Å². The van der Waals surface area contributed by atoms with Crippen molar-refractivity contribution < 1.29 is 68.1 Å². The molecule has 0 saturated carbocycles. The van der Waals surface area contributed by atoms with Gasteiger partial charge in [-0.1, -0.05) is 18.6 Å². The summed E-state index contributed by atoms with van der Waals surface area (Å²) in [5.74, 6) is -11.6. The summed E-state index contributed by atoms with van der Waals surface area (Å²) in [7, 11) is 1.22. The highest BCUT2D eigenvalue weighted by molar-refractivity contribution is 5.98. The molecule has 0 aliphatic rings. The van der Waals surface area contributed by atoms with E-state index in [1.807, 2.05) is 0 Å². The van der Waals surface area contributed by atoms with Gasteiger partial charge < -0.3 is 86.1 Å². The van der Waals surface area contributed by atoms with Gasteiger partial charge in [-0.05, 0) is 77.1 Å². The van der Waals surface area contributed by atoms with Crippen LogP contribution in [0.1, 0.15) is 77.7 Å². The zero-order valence-electron chi connectivity index (χ0n) is 39.5. The number of guanidine groups is 1. The van der Waals surface area contributed by atoms with E-state index >= 15 is 0 Å². The predicted octanol–water partition coefficient (Wildman–Crippen LogP) is -5.82. The van der Waals surface area contributed by atoms with E-state index in [2.05, 4.69) is 42.2 Å². The molecule has 390 valence electrons. The minimum atomic E-state index is -1.67. The molecule has 0 saturated heterocycles. The number of hydrogen-bond acceptors (Lipinski definition) is 15. The molecule has 0 radical (unpaired) electrons. The maximum atomic E-state index is 13.9. The quantitative estimate of drug-likeness (QED) is 0.0182. The van der Waals surface area contributed by atoms with E-state index in [1.54, 1.807) is 0 Å². The van der Waals surface area contributed by atoms with Gasteiger partial charge in [-0.3, -0.25) is 57.7 Å². The number of carboxylic acids is 2. The molecule has 9 amide bonds. The van der Waals surface area contributed by atoms with Crippen LogP contribution in [0.5, 0.6) is 5.75 Å². The first kappa shape index (κ1) is 60.4. The Balaban J connectivity index is 3.37. The van der Waals surface area contributed by atoms with Crippen molar-refractivity contribution in [1.82, 2.24) is 42.1 Å². The van der Waals surface area contributed by atoms with E-state index in [-0.39, 0.29) is 43.9 Å². The zero-order valence-corrected chi connectivity index (χ0v) is 39.5. The number of phenols is 1. The number of aliphatic imine (C=N–C) groups is 1. The topological polar surface area (TPSA) is 478 Å². The third-order valence-electron chi connectivity index (χ3n) is 10.4. The summed E-state index contributed by atoms with van der Waals surface area (Å²) >= 11 is 0. The molecule has 0 unspecified atom stereocenters. The summed E-state index contributed by atoms with van der Waals surface area (Å²) in [4.78, 5) is 146. The van der Waals surface area contributed by atoms with Gasteiger partial charge in [0.05, 0.1) is 19.0 Å². The van der Waals surface area contributed by atoms with Crippen LogP contribution in [0.25, 0.3) is 0 Å². The Kier molecular flexibility index (Phi) is 26.5. The van der Waals surface area contributed by atoms with Crippen molar-refractivity contribution in [3.8, 4) is 5.75 Å². The van der Waals surface area contributed by atoms with Gasteiger partial charge in [0.15, 0.2) is 5.96 Å². The molecule has 1 rings (SSSR count). The summed E-state index contributed by atoms with van der Waals surface area (Å²) in [6.07, 6.45) is -0.823. The molecule has 1 aromatic rings. The Morgan fingerprint density at radius 2 is 1.23 bits per heavy atom. The lowest BCUT2D eigenvalue weighted by Gasteiger charge is -2.30. The molecule has 0 aliphatic carbocycles. The van der Waals surface area contributed by atoms with E-state index in [4.69, 9.17) is 28.7 Å². The van der Waals surface area contributed by atoms with Crippen LogP contribution >= 0.6 is 0 Å². The summed E-state index contributed by atoms with van der Waals surface area (Å²) in [6, 6.07) is -5.93. The lowest BCUT2D eigenvalue weighted by atomic mass is 10.0. The Bertz CT molecular complexity index is 2030. The Labute approximate surface area is 403 Å². The molecule has 28 nitrogen and oxygen atoms in total. The van der Waals surface area contributed by atoms with Crippen LogP contribution in [0.15, 0.2) is 29.3 Å². The summed E-state index contributed by atoms with van der Waals surface area (Å²) < 4.78 is 0. The van der Waals surface area contributed by atoms with Crippen LogP contribution in [-0.2, 0) is 59.2 Å². The van der Waals surface area contributed by atoms with Crippen molar-refractivity contribution in [2.75, 3.05) is 26.7 Å². The van der Waals surface area contributed by atoms with Crippen molar-refractivity contribution in [3.05, 3.63) is 29.8 Å². The maximum Gasteiger partial charge on any atom is 0.325 e. The van der Waals surface area contributed by atoms with E-state index in [0.717, 1.165) is 4.90 Å². The number of nitrogens with one attached hydrogen (secondary N) is 7. The fourth-order valence-electron chi connectivity index (χ4n) is 6.20. The molecule has 28 heteroatoms. The van der Waals surface area contributed by atoms with Crippen molar-refractivity contribution >= 4 is 71.1 Å². The monoisotopic (exact) mass is 993 g/mol. The van der Waals surface area contributed by atoms with Crippen molar-refractivity contribution in [1.29, 1.82) is 0 Å². The van der Waals surface area contributed by atoms with Crippen LogP contribution < -0.4 is 65.9 Å². The largest absolute Gasteiger partial charge is 0.508 e. The zero-order chi connectivity index (χ0) is 53.2. The molecule has 0 bridgehead atoms. The molecule has 0 heterocycles.